The first kappa shape index (κ1) is 12.9. The van der Waals surface area contributed by atoms with Gasteiger partial charge in [-0.1, -0.05) is 11.3 Å². The Labute approximate surface area is 129 Å². The zero-order chi connectivity index (χ0) is 15.1. The van der Waals surface area contributed by atoms with E-state index in [2.05, 4.69) is 25.3 Å². The van der Waals surface area contributed by atoms with Gasteiger partial charge in [-0.05, 0) is 24.3 Å². The number of rotatable bonds is 2. The maximum atomic E-state index is 11.1. The molecule has 0 aliphatic heterocycles. The van der Waals surface area contributed by atoms with Gasteiger partial charge in [-0.2, -0.15) is 0 Å². The summed E-state index contributed by atoms with van der Waals surface area (Å²) >= 11 is 1.36. The lowest BCUT2D eigenvalue weighted by Gasteiger charge is -2.00. The molecule has 0 aliphatic rings. The molecule has 0 saturated carbocycles. The monoisotopic (exact) mass is 309 g/mol. The number of hydrogen-bond acceptors (Lipinski definition) is 5. The van der Waals surface area contributed by atoms with Gasteiger partial charge >= 0.3 is 0 Å². The quantitative estimate of drug-likeness (QED) is 0.595. The minimum absolute atomic E-state index is 0.138. The average Bonchev–Trinajstić information content (AvgIpc) is 3.10. The lowest BCUT2D eigenvalue weighted by Crippen LogP contribution is -2.04. The van der Waals surface area contributed by atoms with Crippen LogP contribution in [-0.2, 0) is 4.79 Å². The van der Waals surface area contributed by atoms with Crippen LogP contribution < -0.4 is 5.32 Å². The molecule has 0 spiro atoms. The summed E-state index contributed by atoms with van der Waals surface area (Å²) in [5, 5.41) is 4.29. The highest BCUT2D eigenvalue weighted by molar-refractivity contribution is 7.21. The fourth-order valence-corrected chi connectivity index (χ4v) is 3.15. The summed E-state index contributed by atoms with van der Waals surface area (Å²) in [4.78, 5) is 28.3. The Morgan fingerprint density at radius 3 is 3.05 bits per heavy atom. The van der Waals surface area contributed by atoms with E-state index in [1.165, 1.54) is 18.3 Å². The van der Waals surface area contributed by atoms with Gasteiger partial charge in [0.05, 0.1) is 5.69 Å². The first-order valence-corrected chi connectivity index (χ1v) is 7.49. The van der Waals surface area contributed by atoms with Gasteiger partial charge in [0.1, 0.15) is 16.0 Å². The zero-order valence-corrected chi connectivity index (χ0v) is 12.4. The fraction of sp³-hybridized carbons (Fsp3) is 0.0667. The highest BCUT2D eigenvalue weighted by Gasteiger charge is 2.09. The minimum Gasteiger partial charge on any atom is -0.346 e. The van der Waals surface area contributed by atoms with Crippen molar-refractivity contribution >= 4 is 43.8 Å². The Balaban J connectivity index is 1.79. The number of nitrogens with one attached hydrogen (secondary N) is 2. The van der Waals surface area contributed by atoms with E-state index in [4.69, 9.17) is 0 Å². The van der Waals surface area contributed by atoms with Crippen molar-refractivity contribution in [3.8, 4) is 11.3 Å². The van der Waals surface area contributed by atoms with Crippen LogP contribution in [-0.4, -0.2) is 25.8 Å². The highest BCUT2D eigenvalue weighted by atomic mass is 32.1. The highest BCUT2D eigenvalue weighted by Crippen LogP contribution is 2.28. The Bertz CT molecular complexity index is 1000. The van der Waals surface area contributed by atoms with Gasteiger partial charge < -0.3 is 10.3 Å². The molecule has 0 aromatic carbocycles. The fourth-order valence-electron chi connectivity index (χ4n) is 2.26. The third kappa shape index (κ3) is 2.21. The maximum Gasteiger partial charge on any atom is 0.223 e. The van der Waals surface area contributed by atoms with E-state index in [1.54, 1.807) is 6.20 Å². The van der Waals surface area contributed by atoms with Crippen molar-refractivity contribution in [1.29, 1.82) is 0 Å². The SMILES string of the molecule is CC(=O)Nc1nc2ccc(-c3cnc4[nH]ccc4c3)nc2s1. The predicted molar refractivity (Wildman–Crippen MR) is 86.8 cm³/mol. The van der Waals surface area contributed by atoms with Crippen LogP contribution in [0.3, 0.4) is 0 Å². The van der Waals surface area contributed by atoms with Gasteiger partial charge in [-0.3, -0.25) is 4.79 Å². The first-order chi connectivity index (χ1) is 10.7. The van der Waals surface area contributed by atoms with Crippen LogP contribution in [0.5, 0.6) is 0 Å². The second-order valence-corrected chi connectivity index (χ2v) is 5.84. The summed E-state index contributed by atoms with van der Waals surface area (Å²) in [7, 11) is 0. The van der Waals surface area contributed by atoms with E-state index < -0.39 is 0 Å². The van der Waals surface area contributed by atoms with Gasteiger partial charge in [-0.15, -0.1) is 0 Å². The number of carbonyl (C=O) groups is 1. The van der Waals surface area contributed by atoms with E-state index >= 15 is 0 Å². The molecule has 2 N–H and O–H groups in total. The summed E-state index contributed by atoms with van der Waals surface area (Å²) in [6.45, 7) is 1.46. The number of amides is 1. The molecule has 6 nitrogen and oxygen atoms in total. The number of pyridine rings is 2. The summed E-state index contributed by atoms with van der Waals surface area (Å²) in [5.41, 5.74) is 3.41. The molecule has 4 aromatic rings. The van der Waals surface area contributed by atoms with Crippen LogP contribution in [0.1, 0.15) is 6.92 Å². The molecule has 0 radical (unpaired) electrons. The van der Waals surface area contributed by atoms with E-state index in [9.17, 15) is 4.79 Å². The minimum atomic E-state index is -0.138. The molecule has 4 rings (SSSR count). The van der Waals surface area contributed by atoms with Crippen LogP contribution >= 0.6 is 11.3 Å². The van der Waals surface area contributed by atoms with Gasteiger partial charge in [0.25, 0.3) is 0 Å². The van der Waals surface area contributed by atoms with E-state index in [0.717, 1.165) is 32.6 Å². The van der Waals surface area contributed by atoms with E-state index in [0.29, 0.717) is 5.13 Å². The van der Waals surface area contributed by atoms with Crippen LogP contribution in [0.15, 0.2) is 36.7 Å². The van der Waals surface area contributed by atoms with Crippen LogP contribution in [0.2, 0.25) is 0 Å². The average molecular weight is 309 g/mol. The van der Waals surface area contributed by atoms with Crippen molar-refractivity contribution in [2.45, 2.75) is 6.92 Å². The molecule has 4 heterocycles. The number of hydrogen-bond donors (Lipinski definition) is 2. The molecule has 1 amide bonds. The van der Waals surface area contributed by atoms with Crippen molar-refractivity contribution in [2.75, 3.05) is 5.32 Å². The Kier molecular flexibility index (Phi) is 2.87. The molecule has 0 saturated heterocycles. The molecule has 0 atom stereocenters. The van der Waals surface area contributed by atoms with Crippen LogP contribution in [0, 0.1) is 0 Å². The van der Waals surface area contributed by atoms with Gasteiger partial charge in [0.2, 0.25) is 5.91 Å². The second-order valence-electron chi connectivity index (χ2n) is 4.86. The van der Waals surface area contributed by atoms with Crippen LogP contribution in [0.4, 0.5) is 5.13 Å². The first-order valence-electron chi connectivity index (χ1n) is 6.68. The Morgan fingerprint density at radius 1 is 1.27 bits per heavy atom. The van der Waals surface area contributed by atoms with Gasteiger partial charge in [-0.25, -0.2) is 15.0 Å². The standard InChI is InChI=1S/C15H11N5OS/c1-8(21)18-15-20-12-3-2-11(19-14(12)22-15)10-6-9-4-5-16-13(9)17-7-10/h2-7H,1H3,(H,16,17)(H,18,20,21). The van der Waals surface area contributed by atoms with Gasteiger partial charge in [0, 0.05) is 30.3 Å². The molecule has 0 aliphatic carbocycles. The molecular formula is C15H11N5OS. The van der Waals surface area contributed by atoms with Crippen molar-refractivity contribution < 1.29 is 4.79 Å². The molecular weight excluding hydrogens is 298 g/mol. The van der Waals surface area contributed by atoms with Crippen molar-refractivity contribution in [2.24, 2.45) is 0 Å². The third-order valence-electron chi connectivity index (χ3n) is 3.23. The number of nitrogens with zero attached hydrogens (tertiary/aromatic N) is 3. The van der Waals surface area contributed by atoms with Gasteiger partial charge in [0.15, 0.2) is 5.13 Å². The number of carbonyl (C=O) groups excluding carboxylic acids is 1. The third-order valence-corrected chi connectivity index (χ3v) is 4.11. The maximum absolute atomic E-state index is 11.1. The second kappa shape index (κ2) is 4.88. The normalized spacial score (nSPS) is 11.1. The van der Waals surface area contributed by atoms with Crippen molar-refractivity contribution in [1.82, 2.24) is 19.9 Å². The molecule has 0 fully saturated rings. The largest absolute Gasteiger partial charge is 0.346 e. The number of anilines is 1. The van der Waals surface area contributed by atoms with Crippen molar-refractivity contribution in [3.05, 3.63) is 36.7 Å². The molecule has 22 heavy (non-hydrogen) atoms. The molecule has 7 heteroatoms. The topological polar surface area (TPSA) is 83.6 Å². The zero-order valence-electron chi connectivity index (χ0n) is 11.6. The van der Waals surface area contributed by atoms with Crippen LogP contribution in [0.25, 0.3) is 32.6 Å². The Morgan fingerprint density at radius 2 is 2.18 bits per heavy atom. The number of aromatic amines is 1. The number of thiazole rings is 1. The molecule has 4 aromatic heterocycles. The Hall–Kier alpha value is -2.80. The number of aromatic nitrogens is 4. The summed E-state index contributed by atoms with van der Waals surface area (Å²) < 4.78 is 0. The summed E-state index contributed by atoms with van der Waals surface area (Å²) in [6, 6.07) is 7.84. The lowest BCUT2D eigenvalue weighted by molar-refractivity contribution is -0.114. The lowest BCUT2D eigenvalue weighted by atomic mass is 10.1. The summed E-state index contributed by atoms with van der Waals surface area (Å²) in [5.74, 6) is -0.138. The van der Waals surface area contributed by atoms with Crippen molar-refractivity contribution in [3.63, 3.8) is 0 Å². The molecule has 0 unspecified atom stereocenters. The van der Waals surface area contributed by atoms with E-state index in [-0.39, 0.29) is 5.91 Å². The van der Waals surface area contributed by atoms with E-state index in [1.807, 2.05) is 30.5 Å². The predicted octanol–water partition coefficient (Wildman–Crippen LogP) is 3.19. The number of H-pyrrole nitrogens is 1. The molecule has 0 bridgehead atoms. The molecule has 108 valence electrons. The number of fused-ring (bicyclic) bond motifs is 2. The summed E-state index contributed by atoms with van der Waals surface area (Å²) in [6.07, 6.45) is 3.66. The smallest absolute Gasteiger partial charge is 0.223 e.